The SMILES string of the molecule is C/C(F)=C(Cl)\C=C(/C)n1nc(-c2nccc3c2CNC3=O)cc1-c1cc(Cl)cc(OC(F)(F)F)c1.CC. The minimum Gasteiger partial charge on any atom is -0.406 e. The highest BCUT2D eigenvalue weighted by molar-refractivity contribution is 6.32. The van der Waals surface area contributed by atoms with Crippen molar-refractivity contribution in [3.05, 3.63) is 69.6 Å². The largest absolute Gasteiger partial charge is 0.573 e. The zero-order valence-electron chi connectivity index (χ0n) is 20.2. The first-order valence-electron chi connectivity index (χ1n) is 11.1. The van der Waals surface area contributed by atoms with Crippen LogP contribution in [0.3, 0.4) is 0 Å². The molecule has 0 saturated carbocycles. The molecule has 37 heavy (non-hydrogen) atoms. The molecule has 12 heteroatoms. The molecule has 0 saturated heterocycles. The van der Waals surface area contributed by atoms with E-state index in [4.69, 9.17) is 23.2 Å². The Balaban J connectivity index is 0.00000186. The van der Waals surface area contributed by atoms with E-state index in [0.717, 1.165) is 12.1 Å². The molecule has 1 aromatic carbocycles. The standard InChI is InChI=1S/C23H16Cl2F4N4O2.C2H6/c1-11(5-18(25)12(2)26)33-20(13-6-14(24)8-15(7-13)35-23(27,28)29)9-19(32-33)21-17-10-31-22(34)16(17)3-4-30-21;1-2/h3-9H,10H2,1-2H3,(H,31,34);1-2H3/b11-5+,18-12-;. The van der Waals surface area contributed by atoms with Gasteiger partial charge in [-0.15, -0.1) is 13.2 Å². The zero-order valence-corrected chi connectivity index (χ0v) is 21.7. The minimum absolute atomic E-state index is 0.0104. The van der Waals surface area contributed by atoms with E-state index in [0.29, 0.717) is 33.9 Å². The number of fused-ring (bicyclic) bond motifs is 1. The summed E-state index contributed by atoms with van der Waals surface area (Å²) in [5, 5.41) is 7.07. The van der Waals surface area contributed by atoms with Crippen LogP contribution in [0.4, 0.5) is 17.6 Å². The molecular formula is C25H22Cl2F4N4O2. The van der Waals surface area contributed by atoms with Gasteiger partial charge < -0.3 is 10.1 Å². The van der Waals surface area contributed by atoms with Crippen molar-refractivity contribution < 1.29 is 27.1 Å². The molecule has 0 aliphatic carbocycles. The van der Waals surface area contributed by atoms with E-state index in [-0.39, 0.29) is 28.1 Å². The average molecular weight is 557 g/mol. The number of allylic oxidation sites excluding steroid dienone is 4. The van der Waals surface area contributed by atoms with Gasteiger partial charge in [-0.1, -0.05) is 37.0 Å². The van der Waals surface area contributed by atoms with Crippen molar-refractivity contribution in [2.75, 3.05) is 0 Å². The summed E-state index contributed by atoms with van der Waals surface area (Å²) in [6, 6.07) is 6.76. The molecule has 2 aromatic heterocycles. The molecule has 1 aliphatic heterocycles. The zero-order chi connectivity index (χ0) is 27.5. The number of nitrogens with zero attached hydrogens (tertiary/aromatic N) is 3. The molecule has 4 rings (SSSR count). The van der Waals surface area contributed by atoms with E-state index >= 15 is 0 Å². The number of pyridine rings is 1. The Kier molecular flexibility index (Phi) is 8.65. The van der Waals surface area contributed by atoms with Crippen molar-refractivity contribution in [2.45, 2.75) is 40.6 Å². The van der Waals surface area contributed by atoms with Crippen molar-refractivity contribution in [3.63, 3.8) is 0 Å². The second-order valence-electron chi connectivity index (χ2n) is 7.59. The average Bonchev–Trinajstić information content (AvgIpc) is 3.43. The van der Waals surface area contributed by atoms with Crippen molar-refractivity contribution in [3.8, 4) is 28.4 Å². The number of nitrogens with one attached hydrogen (secondary N) is 1. The Morgan fingerprint density at radius 2 is 1.89 bits per heavy atom. The lowest BCUT2D eigenvalue weighted by Crippen LogP contribution is -2.17. The summed E-state index contributed by atoms with van der Waals surface area (Å²) in [5.41, 5.74) is 2.71. The fourth-order valence-corrected chi connectivity index (χ4v) is 3.97. The predicted octanol–water partition coefficient (Wildman–Crippen LogP) is 7.73. The lowest BCUT2D eigenvalue weighted by atomic mass is 10.1. The van der Waals surface area contributed by atoms with Crippen molar-refractivity contribution in [2.24, 2.45) is 0 Å². The number of ether oxygens (including phenoxy) is 1. The predicted molar refractivity (Wildman–Crippen MR) is 135 cm³/mol. The monoisotopic (exact) mass is 556 g/mol. The number of hydrogen-bond acceptors (Lipinski definition) is 4. The molecule has 6 nitrogen and oxygen atoms in total. The summed E-state index contributed by atoms with van der Waals surface area (Å²) in [7, 11) is 0. The van der Waals surface area contributed by atoms with Crippen LogP contribution in [-0.2, 0) is 6.54 Å². The smallest absolute Gasteiger partial charge is 0.406 e. The van der Waals surface area contributed by atoms with E-state index in [1.54, 1.807) is 19.1 Å². The van der Waals surface area contributed by atoms with E-state index < -0.39 is 17.9 Å². The first kappa shape index (κ1) is 28.2. The maximum atomic E-state index is 13.6. The summed E-state index contributed by atoms with van der Waals surface area (Å²) in [6.45, 7) is 7.02. The summed E-state index contributed by atoms with van der Waals surface area (Å²) in [4.78, 5) is 16.4. The number of amides is 1. The third-order valence-electron chi connectivity index (χ3n) is 5.08. The number of aromatic nitrogens is 3. The van der Waals surface area contributed by atoms with Crippen LogP contribution in [0.2, 0.25) is 5.02 Å². The maximum absolute atomic E-state index is 13.6. The molecule has 1 aliphatic rings. The van der Waals surface area contributed by atoms with Gasteiger partial charge in [0.25, 0.3) is 5.91 Å². The molecule has 0 fully saturated rings. The quantitative estimate of drug-likeness (QED) is 0.258. The van der Waals surface area contributed by atoms with Gasteiger partial charge in [0.1, 0.15) is 17.3 Å². The number of carbonyl (C=O) groups is 1. The Morgan fingerprint density at radius 1 is 1.19 bits per heavy atom. The molecule has 0 radical (unpaired) electrons. The maximum Gasteiger partial charge on any atom is 0.573 e. The van der Waals surface area contributed by atoms with E-state index in [1.807, 2.05) is 13.8 Å². The molecule has 0 unspecified atom stereocenters. The minimum atomic E-state index is -4.92. The highest BCUT2D eigenvalue weighted by Crippen LogP contribution is 2.36. The summed E-state index contributed by atoms with van der Waals surface area (Å²) in [5.74, 6) is -1.41. The molecule has 3 heterocycles. The molecule has 196 valence electrons. The summed E-state index contributed by atoms with van der Waals surface area (Å²) >= 11 is 12.0. The second kappa shape index (κ2) is 11.4. The van der Waals surface area contributed by atoms with Crippen LogP contribution in [0, 0.1) is 0 Å². The molecule has 0 atom stereocenters. The number of halogens is 6. The van der Waals surface area contributed by atoms with Gasteiger partial charge in [-0.05, 0) is 50.3 Å². The molecular weight excluding hydrogens is 535 g/mol. The van der Waals surface area contributed by atoms with Gasteiger partial charge in [-0.2, -0.15) is 5.10 Å². The van der Waals surface area contributed by atoms with E-state index in [1.165, 1.54) is 29.9 Å². The Hall–Kier alpha value is -3.37. The van der Waals surface area contributed by atoms with Crippen LogP contribution < -0.4 is 10.1 Å². The molecule has 3 aromatic rings. The first-order chi connectivity index (χ1) is 17.4. The Bertz CT molecular complexity index is 1390. The van der Waals surface area contributed by atoms with E-state index in [2.05, 4.69) is 20.1 Å². The lowest BCUT2D eigenvalue weighted by molar-refractivity contribution is -0.274. The van der Waals surface area contributed by atoms with Gasteiger partial charge in [0.2, 0.25) is 0 Å². The van der Waals surface area contributed by atoms with Crippen LogP contribution >= 0.6 is 23.2 Å². The fraction of sp³-hybridized carbons (Fsp3) is 0.240. The summed E-state index contributed by atoms with van der Waals surface area (Å²) < 4.78 is 57.5. The number of rotatable bonds is 5. The van der Waals surface area contributed by atoms with Gasteiger partial charge in [0.15, 0.2) is 0 Å². The normalized spacial score (nSPS) is 13.9. The van der Waals surface area contributed by atoms with Crippen molar-refractivity contribution in [1.82, 2.24) is 20.1 Å². The molecule has 0 bridgehead atoms. The first-order valence-corrected chi connectivity index (χ1v) is 11.8. The number of hydrogen-bond donors (Lipinski definition) is 1. The number of benzene rings is 1. The summed E-state index contributed by atoms with van der Waals surface area (Å²) in [6.07, 6.45) is -2.14. The van der Waals surface area contributed by atoms with Gasteiger partial charge in [-0.25, -0.2) is 9.07 Å². The fourth-order valence-electron chi connectivity index (χ4n) is 3.59. The number of carbonyl (C=O) groups excluding carboxylic acids is 1. The third kappa shape index (κ3) is 6.50. The Labute approximate surface area is 220 Å². The van der Waals surface area contributed by atoms with Gasteiger partial charge in [0, 0.05) is 40.2 Å². The lowest BCUT2D eigenvalue weighted by Gasteiger charge is -2.12. The second-order valence-corrected chi connectivity index (χ2v) is 8.43. The third-order valence-corrected chi connectivity index (χ3v) is 5.67. The van der Waals surface area contributed by atoms with Crippen molar-refractivity contribution in [1.29, 1.82) is 0 Å². The molecule has 1 N–H and O–H groups in total. The number of alkyl halides is 3. The van der Waals surface area contributed by atoms with Gasteiger partial charge >= 0.3 is 6.36 Å². The topological polar surface area (TPSA) is 69.0 Å². The molecule has 0 spiro atoms. The van der Waals surface area contributed by atoms with Crippen LogP contribution in [0.15, 0.2) is 53.5 Å². The van der Waals surface area contributed by atoms with E-state index in [9.17, 15) is 22.4 Å². The van der Waals surface area contributed by atoms with Crippen molar-refractivity contribution >= 4 is 34.8 Å². The van der Waals surface area contributed by atoms with Crippen LogP contribution in [0.5, 0.6) is 5.75 Å². The van der Waals surface area contributed by atoms with Crippen LogP contribution in [-0.4, -0.2) is 27.0 Å². The Morgan fingerprint density at radius 3 is 2.54 bits per heavy atom. The highest BCUT2D eigenvalue weighted by Gasteiger charge is 2.31. The molecule has 1 amide bonds. The van der Waals surface area contributed by atoms with Gasteiger partial charge in [0.05, 0.1) is 16.4 Å². The van der Waals surface area contributed by atoms with Crippen LogP contribution in [0.1, 0.15) is 43.6 Å². The van der Waals surface area contributed by atoms with Gasteiger partial charge in [-0.3, -0.25) is 9.78 Å². The highest BCUT2D eigenvalue weighted by atomic mass is 35.5. The van der Waals surface area contributed by atoms with Crippen LogP contribution in [0.25, 0.3) is 28.3 Å².